The molecule has 0 radical (unpaired) electrons. The summed E-state index contributed by atoms with van der Waals surface area (Å²) in [4.78, 5) is 28.1. The van der Waals surface area contributed by atoms with Crippen molar-refractivity contribution in [3.8, 4) is 0 Å². The number of fused-ring (bicyclic) bond motifs is 2. The molecule has 42 heavy (non-hydrogen) atoms. The standard InChI is InChI=1S/C34H41N3O5/c1-3-41-32(38)17-9-11-19-35-26-21-25(24-40-20-12-10-18-33(39)42-4-2)22-27(23-26)36-34-28-13-5-7-15-30(28)37-31-16-8-6-14-29(31)34/h5-8,13-16,21-23,35H,3-4,9-12,17-20,24H2,1-2H3,(H,36,37). The predicted octanol–water partition coefficient (Wildman–Crippen LogP) is 7.53. The Morgan fingerprint density at radius 3 is 1.98 bits per heavy atom. The zero-order chi connectivity index (χ0) is 29.6. The van der Waals surface area contributed by atoms with Crippen LogP contribution in [0.5, 0.6) is 0 Å². The Balaban J connectivity index is 1.48. The fourth-order valence-electron chi connectivity index (χ4n) is 4.83. The summed E-state index contributed by atoms with van der Waals surface area (Å²) >= 11 is 0. The maximum atomic E-state index is 11.7. The molecule has 0 saturated carbocycles. The molecule has 0 saturated heterocycles. The van der Waals surface area contributed by atoms with Gasteiger partial charge in [-0.05, 0) is 75.4 Å². The number of anilines is 3. The highest BCUT2D eigenvalue weighted by Crippen LogP contribution is 2.34. The van der Waals surface area contributed by atoms with E-state index >= 15 is 0 Å². The quantitative estimate of drug-likeness (QED) is 0.0762. The minimum Gasteiger partial charge on any atom is -0.466 e. The van der Waals surface area contributed by atoms with E-state index in [-0.39, 0.29) is 11.9 Å². The Hall–Kier alpha value is -4.17. The maximum absolute atomic E-state index is 11.7. The molecule has 1 aromatic heterocycles. The van der Waals surface area contributed by atoms with Crippen molar-refractivity contribution >= 4 is 50.8 Å². The molecule has 8 heteroatoms. The third-order valence-electron chi connectivity index (χ3n) is 6.79. The van der Waals surface area contributed by atoms with Crippen LogP contribution in [0.4, 0.5) is 17.1 Å². The van der Waals surface area contributed by atoms with Crippen molar-refractivity contribution in [2.75, 3.05) is 37.0 Å². The number of unbranched alkanes of at least 4 members (excludes halogenated alkanes) is 2. The Morgan fingerprint density at radius 2 is 1.33 bits per heavy atom. The third kappa shape index (κ3) is 9.17. The fraction of sp³-hybridized carbons (Fsp3) is 0.382. The van der Waals surface area contributed by atoms with E-state index in [9.17, 15) is 9.59 Å². The number of ether oxygens (including phenoxy) is 3. The number of aromatic nitrogens is 1. The van der Waals surface area contributed by atoms with Crippen molar-refractivity contribution < 1.29 is 23.8 Å². The molecule has 0 unspecified atom stereocenters. The average molecular weight is 572 g/mol. The van der Waals surface area contributed by atoms with Gasteiger partial charge in [-0.3, -0.25) is 9.59 Å². The van der Waals surface area contributed by atoms with E-state index in [1.807, 2.05) is 50.2 Å². The van der Waals surface area contributed by atoms with Gasteiger partial charge in [-0.15, -0.1) is 0 Å². The molecule has 0 atom stereocenters. The summed E-state index contributed by atoms with van der Waals surface area (Å²) < 4.78 is 16.0. The van der Waals surface area contributed by atoms with Gasteiger partial charge >= 0.3 is 11.9 Å². The molecule has 0 aliphatic carbocycles. The molecular formula is C34H41N3O5. The van der Waals surface area contributed by atoms with E-state index in [0.29, 0.717) is 39.3 Å². The van der Waals surface area contributed by atoms with Crippen molar-refractivity contribution in [2.24, 2.45) is 0 Å². The number of nitrogens with one attached hydrogen (secondary N) is 2. The highest BCUT2D eigenvalue weighted by molar-refractivity contribution is 6.08. The molecule has 8 nitrogen and oxygen atoms in total. The van der Waals surface area contributed by atoms with Crippen LogP contribution in [0.3, 0.4) is 0 Å². The van der Waals surface area contributed by atoms with Crippen LogP contribution in [0, 0.1) is 0 Å². The number of para-hydroxylation sites is 2. The van der Waals surface area contributed by atoms with Gasteiger partial charge in [0.1, 0.15) is 0 Å². The first-order valence-corrected chi connectivity index (χ1v) is 14.9. The molecule has 3 aromatic carbocycles. The molecule has 0 bridgehead atoms. The first kappa shape index (κ1) is 30.8. The zero-order valence-electron chi connectivity index (χ0n) is 24.6. The Bertz CT molecular complexity index is 1420. The SMILES string of the molecule is CCOC(=O)CCCCNc1cc(COCCCCC(=O)OCC)cc(Nc2c3ccccc3nc3ccccc23)c1. The van der Waals surface area contributed by atoms with Gasteiger partial charge in [-0.2, -0.15) is 0 Å². The van der Waals surface area contributed by atoms with Crippen LogP contribution < -0.4 is 10.6 Å². The molecule has 0 amide bonds. The van der Waals surface area contributed by atoms with Crippen molar-refractivity contribution in [2.45, 2.75) is 59.0 Å². The summed E-state index contributed by atoms with van der Waals surface area (Å²) in [6.45, 7) is 6.20. The minimum atomic E-state index is -0.162. The van der Waals surface area contributed by atoms with Crippen molar-refractivity contribution in [3.05, 3.63) is 72.3 Å². The van der Waals surface area contributed by atoms with Crippen LogP contribution in [0.2, 0.25) is 0 Å². The van der Waals surface area contributed by atoms with E-state index < -0.39 is 0 Å². The second-order valence-corrected chi connectivity index (χ2v) is 10.1. The molecule has 0 aliphatic heterocycles. The first-order chi connectivity index (χ1) is 20.6. The summed E-state index contributed by atoms with van der Waals surface area (Å²) in [6.07, 6.45) is 3.98. The van der Waals surface area contributed by atoms with Crippen molar-refractivity contribution in [1.29, 1.82) is 0 Å². The monoisotopic (exact) mass is 571 g/mol. The Kier molecular flexibility index (Phi) is 12.0. The van der Waals surface area contributed by atoms with Crippen molar-refractivity contribution in [3.63, 3.8) is 0 Å². The molecule has 222 valence electrons. The van der Waals surface area contributed by atoms with Crippen LogP contribution in [-0.2, 0) is 30.4 Å². The van der Waals surface area contributed by atoms with Gasteiger partial charge in [0, 0.05) is 48.1 Å². The van der Waals surface area contributed by atoms with E-state index in [0.717, 1.165) is 76.7 Å². The number of hydrogen-bond donors (Lipinski definition) is 2. The molecular weight excluding hydrogens is 530 g/mol. The smallest absolute Gasteiger partial charge is 0.305 e. The molecule has 4 rings (SSSR count). The number of esters is 2. The van der Waals surface area contributed by atoms with Gasteiger partial charge in [0.25, 0.3) is 0 Å². The van der Waals surface area contributed by atoms with Gasteiger partial charge in [-0.25, -0.2) is 4.98 Å². The van der Waals surface area contributed by atoms with E-state index in [1.165, 1.54) is 0 Å². The third-order valence-corrected chi connectivity index (χ3v) is 6.79. The lowest BCUT2D eigenvalue weighted by Crippen LogP contribution is -2.07. The fourth-order valence-corrected chi connectivity index (χ4v) is 4.83. The Morgan fingerprint density at radius 1 is 0.738 bits per heavy atom. The largest absolute Gasteiger partial charge is 0.466 e. The second-order valence-electron chi connectivity index (χ2n) is 10.1. The van der Waals surface area contributed by atoms with Gasteiger partial charge in [0.15, 0.2) is 0 Å². The molecule has 2 N–H and O–H groups in total. The lowest BCUT2D eigenvalue weighted by atomic mass is 10.1. The minimum absolute atomic E-state index is 0.151. The number of rotatable bonds is 17. The predicted molar refractivity (Wildman–Crippen MR) is 168 cm³/mol. The average Bonchev–Trinajstić information content (AvgIpc) is 2.99. The van der Waals surface area contributed by atoms with E-state index in [1.54, 1.807) is 0 Å². The van der Waals surface area contributed by atoms with Crippen LogP contribution in [0.15, 0.2) is 66.7 Å². The lowest BCUT2D eigenvalue weighted by Gasteiger charge is -2.16. The number of nitrogens with zero attached hydrogens (tertiary/aromatic N) is 1. The number of carbonyl (C=O) groups excluding carboxylic acids is 2. The van der Waals surface area contributed by atoms with Crippen molar-refractivity contribution in [1.82, 2.24) is 4.98 Å². The highest BCUT2D eigenvalue weighted by Gasteiger charge is 2.11. The summed E-state index contributed by atoms with van der Waals surface area (Å²) in [5, 5.41) is 9.30. The van der Waals surface area contributed by atoms with Gasteiger partial charge in [0.05, 0.1) is 36.5 Å². The number of hydrogen-bond acceptors (Lipinski definition) is 8. The summed E-state index contributed by atoms with van der Waals surface area (Å²) in [5.41, 5.74) is 5.81. The molecule has 0 spiro atoms. The number of benzene rings is 3. The summed E-state index contributed by atoms with van der Waals surface area (Å²) in [7, 11) is 0. The van der Waals surface area contributed by atoms with Crippen LogP contribution in [0.25, 0.3) is 21.8 Å². The first-order valence-electron chi connectivity index (χ1n) is 14.9. The number of pyridine rings is 1. The van der Waals surface area contributed by atoms with Gasteiger partial charge in [-0.1, -0.05) is 36.4 Å². The van der Waals surface area contributed by atoms with Crippen LogP contribution >= 0.6 is 0 Å². The molecule has 0 aliphatic rings. The maximum Gasteiger partial charge on any atom is 0.305 e. The normalized spacial score (nSPS) is 11.0. The highest BCUT2D eigenvalue weighted by atomic mass is 16.5. The topological polar surface area (TPSA) is 98.8 Å². The van der Waals surface area contributed by atoms with Gasteiger partial charge in [0.2, 0.25) is 0 Å². The lowest BCUT2D eigenvalue weighted by molar-refractivity contribution is -0.144. The summed E-state index contributed by atoms with van der Waals surface area (Å²) in [6, 6.07) is 22.6. The second kappa shape index (κ2) is 16.3. The van der Waals surface area contributed by atoms with Crippen LogP contribution in [0.1, 0.15) is 57.9 Å². The summed E-state index contributed by atoms with van der Waals surface area (Å²) in [5.74, 6) is -0.312. The van der Waals surface area contributed by atoms with E-state index in [4.69, 9.17) is 19.2 Å². The molecule has 4 aromatic rings. The zero-order valence-corrected chi connectivity index (χ0v) is 24.6. The van der Waals surface area contributed by atoms with E-state index in [2.05, 4.69) is 41.0 Å². The Labute approximate surface area is 247 Å². The van der Waals surface area contributed by atoms with Gasteiger partial charge < -0.3 is 24.8 Å². The van der Waals surface area contributed by atoms with Crippen LogP contribution in [-0.4, -0.2) is 43.3 Å². The molecule has 0 fully saturated rings. The number of carbonyl (C=O) groups is 2. The molecule has 1 heterocycles.